The van der Waals surface area contributed by atoms with E-state index in [1.165, 1.54) is 10.4 Å². The number of carbonyl (C=O) groups is 1. The maximum atomic E-state index is 11.3. The summed E-state index contributed by atoms with van der Waals surface area (Å²) in [5.74, 6) is 1.20. The maximum Gasteiger partial charge on any atom is 0.305 e. The maximum absolute atomic E-state index is 11.3. The second-order valence-corrected chi connectivity index (χ2v) is 7.97. The first-order valence-corrected chi connectivity index (χ1v) is 9.93. The zero-order valence-electron chi connectivity index (χ0n) is 14.0. The molecule has 0 fully saturated rings. The van der Waals surface area contributed by atoms with Crippen LogP contribution in [-0.4, -0.2) is 46.8 Å². The van der Waals surface area contributed by atoms with Crippen LogP contribution < -0.4 is 5.73 Å². The van der Waals surface area contributed by atoms with Crippen LogP contribution in [0.15, 0.2) is 5.16 Å². The number of nitrogens with two attached hydrogens (primary N) is 1. The van der Waals surface area contributed by atoms with Crippen LogP contribution in [0.2, 0.25) is 0 Å². The van der Waals surface area contributed by atoms with E-state index in [1.54, 1.807) is 23.1 Å². The molecule has 1 aliphatic rings. The highest BCUT2D eigenvalue weighted by Crippen LogP contribution is 2.37. The molecule has 2 aromatic rings. The number of hydrogen-bond acceptors (Lipinski definition) is 8. The summed E-state index contributed by atoms with van der Waals surface area (Å²) >= 11 is 3.26. The average Bonchev–Trinajstić information content (AvgIpc) is 2.89. The first-order valence-electron chi connectivity index (χ1n) is 8.13. The third kappa shape index (κ3) is 3.81. The highest BCUT2D eigenvalue weighted by Gasteiger charge is 2.22. The number of carbonyl (C=O) groups excluding carboxylic acids is 1. The number of fused-ring (bicyclic) bond motifs is 3. The van der Waals surface area contributed by atoms with E-state index in [-0.39, 0.29) is 5.97 Å². The van der Waals surface area contributed by atoms with Crippen molar-refractivity contribution in [2.45, 2.75) is 37.9 Å². The lowest BCUT2D eigenvalue weighted by molar-refractivity contribution is -0.143. The zero-order valence-corrected chi connectivity index (χ0v) is 15.6. The Morgan fingerprint density at radius 2 is 2.29 bits per heavy atom. The number of esters is 1. The molecule has 3 heterocycles. The summed E-state index contributed by atoms with van der Waals surface area (Å²) in [7, 11) is 2.13. The minimum Gasteiger partial charge on any atom is -0.466 e. The Morgan fingerprint density at radius 1 is 1.46 bits per heavy atom. The van der Waals surface area contributed by atoms with E-state index in [9.17, 15) is 4.79 Å². The average molecular weight is 367 g/mol. The van der Waals surface area contributed by atoms with Gasteiger partial charge in [0.25, 0.3) is 0 Å². The van der Waals surface area contributed by atoms with E-state index >= 15 is 0 Å². The Morgan fingerprint density at radius 3 is 3.08 bits per heavy atom. The van der Waals surface area contributed by atoms with E-state index in [4.69, 9.17) is 10.5 Å². The molecule has 0 spiro atoms. The molecule has 0 unspecified atom stereocenters. The molecule has 0 saturated carbocycles. The standard InChI is InChI=1S/C16H22N4O2S2/c1-3-22-12(21)5-4-8-23-16-18-14(17)13-10-6-7-20(2)9-11(10)24-15(13)19-16/h3-9H2,1-2H3,(H2,17,18,19). The van der Waals surface area contributed by atoms with Crippen LogP contribution >= 0.6 is 23.1 Å². The van der Waals surface area contributed by atoms with Gasteiger partial charge in [0.05, 0.1) is 12.0 Å². The second-order valence-electron chi connectivity index (χ2n) is 5.82. The van der Waals surface area contributed by atoms with Gasteiger partial charge in [0, 0.05) is 30.1 Å². The van der Waals surface area contributed by atoms with Gasteiger partial charge in [0.1, 0.15) is 10.6 Å². The number of thioether (sulfide) groups is 1. The lowest BCUT2D eigenvalue weighted by atomic mass is 10.1. The summed E-state index contributed by atoms with van der Waals surface area (Å²) in [6.07, 6.45) is 2.18. The van der Waals surface area contributed by atoms with Gasteiger partial charge in [-0.1, -0.05) is 11.8 Å². The van der Waals surface area contributed by atoms with E-state index in [0.29, 0.717) is 24.0 Å². The summed E-state index contributed by atoms with van der Waals surface area (Å²) in [5.41, 5.74) is 7.53. The zero-order chi connectivity index (χ0) is 17.1. The molecule has 2 aromatic heterocycles. The number of aromatic nitrogens is 2. The number of hydrogen-bond donors (Lipinski definition) is 1. The Kier molecular flexibility index (Phi) is 5.57. The molecule has 0 saturated heterocycles. The Labute approximate surface area is 149 Å². The summed E-state index contributed by atoms with van der Waals surface area (Å²) in [4.78, 5) is 25.1. The molecule has 6 nitrogen and oxygen atoms in total. The Bertz CT molecular complexity index is 747. The lowest BCUT2D eigenvalue weighted by Crippen LogP contribution is -2.25. The molecular formula is C16H22N4O2S2. The number of nitrogens with zero attached hydrogens (tertiary/aromatic N) is 3. The van der Waals surface area contributed by atoms with Gasteiger partial charge in [0.15, 0.2) is 5.16 Å². The number of rotatable bonds is 6. The van der Waals surface area contributed by atoms with Crippen molar-refractivity contribution in [1.29, 1.82) is 0 Å². The molecular weight excluding hydrogens is 344 g/mol. The number of thiophene rings is 1. The summed E-state index contributed by atoms with van der Waals surface area (Å²) in [6, 6.07) is 0. The summed E-state index contributed by atoms with van der Waals surface area (Å²) in [5, 5.41) is 1.73. The third-order valence-electron chi connectivity index (χ3n) is 3.96. The van der Waals surface area contributed by atoms with Gasteiger partial charge in [-0.15, -0.1) is 11.3 Å². The van der Waals surface area contributed by atoms with Gasteiger partial charge in [-0.05, 0) is 32.4 Å². The monoisotopic (exact) mass is 366 g/mol. The Balaban J connectivity index is 1.68. The van der Waals surface area contributed by atoms with Gasteiger partial charge >= 0.3 is 5.97 Å². The van der Waals surface area contributed by atoms with Crippen molar-refractivity contribution in [3.05, 3.63) is 10.4 Å². The fourth-order valence-corrected chi connectivity index (χ4v) is 4.96. The van der Waals surface area contributed by atoms with E-state index in [2.05, 4.69) is 21.9 Å². The van der Waals surface area contributed by atoms with Crippen molar-refractivity contribution >= 4 is 45.1 Å². The molecule has 0 bridgehead atoms. The number of nitrogen functional groups attached to an aromatic ring is 1. The van der Waals surface area contributed by atoms with Crippen molar-refractivity contribution in [3.63, 3.8) is 0 Å². The van der Waals surface area contributed by atoms with Crippen LogP contribution in [0.25, 0.3) is 10.2 Å². The molecule has 3 rings (SSSR count). The molecule has 0 aliphatic carbocycles. The van der Waals surface area contributed by atoms with Gasteiger partial charge in [-0.25, -0.2) is 9.97 Å². The molecule has 0 amide bonds. The fraction of sp³-hybridized carbons (Fsp3) is 0.562. The Hall–Kier alpha value is -1.38. The summed E-state index contributed by atoms with van der Waals surface area (Å²) < 4.78 is 4.92. The smallest absolute Gasteiger partial charge is 0.305 e. The highest BCUT2D eigenvalue weighted by atomic mass is 32.2. The molecule has 8 heteroatoms. The van der Waals surface area contributed by atoms with Gasteiger partial charge in [0.2, 0.25) is 0 Å². The van der Waals surface area contributed by atoms with Crippen LogP contribution in [0.1, 0.15) is 30.2 Å². The summed E-state index contributed by atoms with van der Waals surface area (Å²) in [6.45, 7) is 4.25. The van der Waals surface area contributed by atoms with Crippen molar-refractivity contribution in [2.75, 3.05) is 31.7 Å². The lowest BCUT2D eigenvalue weighted by Gasteiger charge is -2.22. The predicted octanol–water partition coefficient (Wildman–Crippen LogP) is 2.70. The largest absolute Gasteiger partial charge is 0.466 e. The molecule has 0 aromatic carbocycles. The SMILES string of the molecule is CCOC(=O)CCCSc1nc(N)c2c3c(sc2n1)CN(C)CC3. The van der Waals surface area contributed by atoms with E-state index < -0.39 is 0 Å². The first-order chi connectivity index (χ1) is 11.6. The first kappa shape index (κ1) is 17.4. The van der Waals surface area contributed by atoms with Crippen molar-refractivity contribution in [2.24, 2.45) is 0 Å². The van der Waals surface area contributed by atoms with Gasteiger partial charge in [-0.3, -0.25) is 4.79 Å². The number of ether oxygens (including phenoxy) is 1. The molecule has 24 heavy (non-hydrogen) atoms. The number of likely N-dealkylation sites (N-methyl/N-ethyl adjacent to an activating group) is 1. The van der Waals surface area contributed by atoms with E-state index in [0.717, 1.165) is 41.9 Å². The molecule has 130 valence electrons. The van der Waals surface area contributed by atoms with Crippen LogP contribution in [0, 0.1) is 0 Å². The third-order valence-corrected chi connectivity index (χ3v) is 6.00. The minimum atomic E-state index is -0.149. The van der Waals surface area contributed by atoms with Gasteiger partial charge < -0.3 is 15.4 Å². The quantitative estimate of drug-likeness (QED) is 0.364. The fourth-order valence-electron chi connectivity index (χ4n) is 2.81. The predicted molar refractivity (Wildman–Crippen MR) is 98.5 cm³/mol. The van der Waals surface area contributed by atoms with Crippen LogP contribution in [-0.2, 0) is 22.5 Å². The molecule has 0 atom stereocenters. The number of anilines is 1. The van der Waals surface area contributed by atoms with Crippen LogP contribution in [0.4, 0.5) is 5.82 Å². The van der Waals surface area contributed by atoms with Crippen molar-refractivity contribution in [1.82, 2.24) is 14.9 Å². The minimum absolute atomic E-state index is 0.149. The highest BCUT2D eigenvalue weighted by molar-refractivity contribution is 7.99. The van der Waals surface area contributed by atoms with Crippen molar-refractivity contribution < 1.29 is 9.53 Å². The topological polar surface area (TPSA) is 81.3 Å². The van der Waals surface area contributed by atoms with Crippen LogP contribution in [0.3, 0.4) is 0 Å². The van der Waals surface area contributed by atoms with Crippen molar-refractivity contribution in [3.8, 4) is 0 Å². The molecule has 0 radical (unpaired) electrons. The van der Waals surface area contributed by atoms with Gasteiger partial charge in [-0.2, -0.15) is 0 Å². The second kappa shape index (κ2) is 7.67. The van der Waals surface area contributed by atoms with E-state index in [1.807, 2.05) is 6.92 Å². The molecule has 2 N–H and O–H groups in total. The van der Waals surface area contributed by atoms with Crippen LogP contribution in [0.5, 0.6) is 0 Å². The molecule has 1 aliphatic heterocycles. The normalized spacial score (nSPS) is 14.8.